The summed E-state index contributed by atoms with van der Waals surface area (Å²) in [6.07, 6.45) is 1.84. The molecule has 0 bridgehead atoms. The molecule has 0 aliphatic carbocycles. The Morgan fingerprint density at radius 2 is 2.00 bits per heavy atom. The Hall–Kier alpha value is -3.12. The minimum absolute atomic E-state index is 0.0426. The summed E-state index contributed by atoms with van der Waals surface area (Å²) in [7, 11) is 1.57. The van der Waals surface area contributed by atoms with Crippen LogP contribution < -0.4 is 14.2 Å². The maximum atomic E-state index is 12.8. The van der Waals surface area contributed by atoms with E-state index >= 15 is 0 Å². The molecule has 6 heteroatoms. The number of hydrogen-bond acceptors (Lipinski definition) is 6. The minimum atomic E-state index is -0.0426. The van der Waals surface area contributed by atoms with Crippen molar-refractivity contribution in [2.75, 3.05) is 13.7 Å². The molecular weight excluding hydrogens is 362 g/mol. The molecule has 0 saturated carbocycles. The maximum Gasteiger partial charge on any atom is 0.196 e. The van der Waals surface area contributed by atoms with Crippen molar-refractivity contribution in [1.29, 1.82) is 0 Å². The molecule has 0 amide bonds. The molecular formula is C21H17NO4S. The molecule has 136 valence electrons. The molecule has 0 fully saturated rings. The van der Waals surface area contributed by atoms with E-state index in [0.29, 0.717) is 29.2 Å². The quantitative estimate of drug-likeness (QED) is 0.616. The number of ether oxygens (including phenoxy) is 3. The fourth-order valence-electron chi connectivity index (χ4n) is 2.77. The Morgan fingerprint density at radius 3 is 2.74 bits per heavy atom. The average molecular weight is 379 g/mol. The summed E-state index contributed by atoms with van der Waals surface area (Å²) in [4.78, 5) is 16.9. The number of thiazole rings is 1. The first-order valence-electron chi connectivity index (χ1n) is 8.39. The Labute approximate surface area is 160 Å². The zero-order valence-electron chi connectivity index (χ0n) is 14.7. The van der Waals surface area contributed by atoms with Gasteiger partial charge in [-0.3, -0.25) is 4.79 Å². The van der Waals surface area contributed by atoms with Crippen LogP contribution in [0.3, 0.4) is 0 Å². The van der Waals surface area contributed by atoms with E-state index in [1.165, 1.54) is 0 Å². The van der Waals surface area contributed by atoms with Gasteiger partial charge in [0.2, 0.25) is 0 Å². The van der Waals surface area contributed by atoms with E-state index in [1.807, 2.05) is 35.7 Å². The number of carbonyl (C=O) groups excluding carboxylic acids is 1. The van der Waals surface area contributed by atoms with Crippen molar-refractivity contribution in [2.24, 2.45) is 0 Å². The standard InChI is InChI=1S/C21H17NO4S/c1-24-18-6-7-20-19(9-18)21(23)15(10-26-20)8-14-2-4-17(5-3-14)25-11-16-12-27-13-22-16/h2-9,12-13H,10-11H2,1H3/b15-8-. The smallest absolute Gasteiger partial charge is 0.196 e. The summed E-state index contributed by atoms with van der Waals surface area (Å²) in [5.41, 5.74) is 4.73. The third-order valence-electron chi connectivity index (χ3n) is 4.20. The lowest BCUT2D eigenvalue weighted by Gasteiger charge is -2.19. The monoisotopic (exact) mass is 379 g/mol. The van der Waals surface area contributed by atoms with Gasteiger partial charge in [-0.05, 0) is 42.0 Å². The number of rotatable bonds is 5. The molecule has 1 aliphatic heterocycles. The number of ketones is 1. The fourth-order valence-corrected chi connectivity index (χ4v) is 3.31. The van der Waals surface area contributed by atoms with Crippen LogP contribution in [0.4, 0.5) is 0 Å². The van der Waals surface area contributed by atoms with Gasteiger partial charge < -0.3 is 14.2 Å². The first-order chi connectivity index (χ1) is 13.2. The number of hydrogen-bond donors (Lipinski definition) is 0. The Kier molecular flexibility index (Phi) is 4.89. The highest BCUT2D eigenvalue weighted by Gasteiger charge is 2.23. The predicted octanol–water partition coefficient (Wildman–Crippen LogP) is 4.39. The molecule has 3 aromatic rings. The molecule has 2 heterocycles. The molecule has 2 aromatic carbocycles. The van der Waals surface area contributed by atoms with Crippen molar-refractivity contribution >= 4 is 23.2 Å². The summed E-state index contributed by atoms with van der Waals surface area (Å²) in [5, 5.41) is 1.96. The molecule has 5 nitrogen and oxygen atoms in total. The number of fused-ring (bicyclic) bond motifs is 1. The van der Waals surface area contributed by atoms with Crippen LogP contribution >= 0.6 is 11.3 Å². The minimum Gasteiger partial charge on any atom is -0.497 e. The van der Waals surface area contributed by atoms with Crippen molar-refractivity contribution in [1.82, 2.24) is 4.98 Å². The van der Waals surface area contributed by atoms with E-state index in [-0.39, 0.29) is 12.4 Å². The maximum absolute atomic E-state index is 12.8. The van der Waals surface area contributed by atoms with Crippen LogP contribution in [-0.2, 0) is 6.61 Å². The largest absolute Gasteiger partial charge is 0.497 e. The van der Waals surface area contributed by atoms with Crippen molar-refractivity contribution in [3.05, 3.63) is 75.7 Å². The summed E-state index contributed by atoms with van der Waals surface area (Å²) in [5.74, 6) is 1.93. The van der Waals surface area contributed by atoms with Crippen molar-refractivity contribution < 1.29 is 19.0 Å². The molecule has 0 unspecified atom stereocenters. The second-order valence-corrected chi connectivity index (χ2v) is 6.71. The van der Waals surface area contributed by atoms with E-state index in [0.717, 1.165) is 17.0 Å². The number of methoxy groups -OCH3 is 1. The lowest BCUT2D eigenvalue weighted by atomic mass is 9.98. The molecule has 0 atom stereocenters. The first-order valence-corrected chi connectivity index (χ1v) is 9.33. The van der Waals surface area contributed by atoms with Crippen LogP contribution in [0.2, 0.25) is 0 Å². The number of Topliss-reactive ketones (excluding diaryl/α,β-unsaturated/α-hetero) is 1. The van der Waals surface area contributed by atoms with Crippen molar-refractivity contribution in [2.45, 2.75) is 6.61 Å². The van der Waals surface area contributed by atoms with Gasteiger partial charge in [0.1, 0.15) is 30.5 Å². The average Bonchev–Trinajstić information content (AvgIpc) is 3.23. The summed E-state index contributed by atoms with van der Waals surface area (Å²) in [6, 6.07) is 12.8. The Morgan fingerprint density at radius 1 is 1.19 bits per heavy atom. The van der Waals surface area contributed by atoms with E-state index in [9.17, 15) is 4.79 Å². The van der Waals surface area contributed by atoms with Crippen LogP contribution in [-0.4, -0.2) is 24.5 Å². The van der Waals surface area contributed by atoms with Gasteiger partial charge in [0.05, 0.1) is 23.9 Å². The lowest BCUT2D eigenvalue weighted by Crippen LogP contribution is -2.19. The van der Waals surface area contributed by atoms with Gasteiger partial charge >= 0.3 is 0 Å². The van der Waals surface area contributed by atoms with Crippen LogP contribution in [0.25, 0.3) is 6.08 Å². The molecule has 0 radical (unpaired) electrons. The summed E-state index contributed by atoms with van der Waals surface area (Å²) >= 11 is 1.54. The van der Waals surface area contributed by atoms with Gasteiger partial charge in [-0.2, -0.15) is 0 Å². The van der Waals surface area contributed by atoms with Crippen LogP contribution in [0.1, 0.15) is 21.6 Å². The highest BCUT2D eigenvalue weighted by atomic mass is 32.1. The van der Waals surface area contributed by atoms with Gasteiger partial charge in [0.15, 0.2) is 5.78 Å². The van der Waals surface area contributed by atoms with Gasteiger partial charge in [-0.25, -0.2) is 4.98 Å². The van der Waals surface area contributed by atoms with Crippen LogP contribution in [0.15, 0.2) is 58.9 Å². The topological polar surface area (TPSA) is 57.7 Å². The van der Waals surface area contributed by atoms with Gasteiger partial charge in [0, 0.05) is 11.0 Å². The molecule has 1 aromatic heterocycles. The van der Waals surface area contributed by atoms with Gasteiger partial charge in [0.25, 0.3) is 0 Å². The second kappa shape index (κ2) is 7.63. The highest BCUT2D eigenvalue weighted by molar-refractivity contribution is 7.07. The molecule has 4 rings (SSSR count). The Bertz CT molecular complexity index is 978. The molecule has 0 saturated heterocycles. The normalized spacial score (nSPS) is 14.6. The van der Waals surface area contributed by atoms with Crippen molar-refractivity contribution in [3.63, 3.8) is 0 Å². The fraction of sp³-hybridized carbons (Fsp3) is 0.143. The number of benzene rings is 2. The van der Waals surface area contributed by atoms with E-state index in [2.05, 4.69) is 4.98 Å². The van der Waals surface area contributed by atoms with Crippen LogP contribution in [0.5, 0.6) is 17.2 Å². The van der Waals surface area contributed by atoms with E-state index in [1.54, 1.807) is 42.2 Å². The highest BCUT2D eigenvalue weighted by Crippen LogP contribution is 2.31. The lowest BCUT2D eigenvalue weighted by molar-refractivity contribution is 0.100. The predicted molar refractivity (Wildman–Crippen MR) is 104 cm³/mol. The summed E-state index contributed by atoms with van der Waals surface area (Å²) < 4.78 is 16.6. The van der Waals surface area contributed by atoms with Gasteiger partial charge in [-0.15, -0.1) is 11.3 Å². The van der Waals surface area contributed by atoms with Crippen LogP contribution in [0, 0.1) is 0 Å². The molecule has 1 aliphatic rings. The SMILES string of the molecule is COc1ccc2c(c1)C(=O)/C(=C\c1ccc(OCc3cscn3)cc1)CO2. The number of nitrogens with zero attached hydrogens (tertiary/aromatic N) is 1. The summed E-state index contributed by atoms with van der Waals surface area (Å²) in [6.45, 7) is 0.690. The van der Waals surface area contributed by atoms with Crippen molar-refractivity contribution in [3.8, 4) is 17.2 Å². The van der Waals surface area contributed by atoms with Gasteiger partial charge in [-0.1, -0.05) is 12.1 Å². The van der Waals surface area contributed by atoms with E-state index in [4.69, 9.17) is 14.2 Å². The second-order valence-electron chi connectivity index (χ2n) is 5.99. The zero-order chi connectivity index (χ0) is 18.6. The number of carbonyl (C=O) groups is 1. The third kappa shape index (κ3) is 3.85. The number of aromatic nitrogens is 1. The first kappa shape index (κ1) is 17.3. The Balaban J connectivity index is 1.49. The third-order valence-corrected chi connectivity index (χ3v) is 4.83. The zero-order valence-corrected chi connectivity index (χ0v) is 15.5. The molecule has 0 spiro atoms. The molecule has 27 heavy (non-hydrogen) atoms. The molecule has 0 N–H and O–H groups in total. The van der Waals surface area contributed by atoms with E-state index < -0.39 is 0 Å².